The van der Waals surface area contributed by atoms with Gasteiger partial charge >= 0.3 is 0 Å². The van der Waals surface area contributed by atoms with E-state index < -0.39 is 0 Å². The van der Waals surface area contributed by atoms with Crippen LogP contribution in [0, 0.1) is 23.2 Å². The Balaban J connectivity index is 0.00000168. The summed E-state index contributed by atoms with van der Waals surface area (Å²) < 4.78 is 2.20. The van der Waals surface area contributed by atoms with Gasteiger partial charge in [-0.3, -0.25) is 4.79 Å². The molecule has 1 amide bonds. The molecule has 4 heterocycles. The molecule has 1 saturated carbocycles. The smallest absolute Gasteiger partial charge is 0.227 e. The fraction of sp³-hybridized carbons (Fsp3) is 0.444. The summed E-state index contributed by atoms with van der Waals surface area (Å²) in [7, 11) is 0. The van der Waals surface area contributed by atoms with Gasteiger partial charge in [0.25, 0.3) is 0 Å². The SMILES string of the molecule is N#CC1CC1C(=O)N1CCC[C@@H](n2cnc3cnc4[nH]ccc4c32)C1.[HH]. The fourth-order valence-electron chi connectivity index (χ4n) is 4.04. The number of fused-ring (bicyclic) bond motifs is 3. The number of aromatic amines is 1. The molecule has 3 aromatic heterocycles. The molecule has 2 aliphatic rings. The number of pyridine rings is 1. The Morgan fingerprint density at radius 1 is 1.44 bits per heavy atom. The molecule has 3 atom stereocenters. The zero-order valence-electron chi connectivity index (χ0n) is 13.7. The molecule has 7 nitrogen and oxygen atoms in total. The minimum Gasteiger partial charge on any atom is -0.346 e. The van der Waals surface area contributed by atoms with E-state index >= 15 is 0 Å². The van der Waals surface area contributed by atoms with Crippen LogP contribution in [0.25, 0.3) is 22.1 Å². The zero-order chi connectivity index (χ0) is 17.0. The van der Waals surface area contributed by atoms with Gasteiger partial charge in [-0.1, -0.05) is 0 Å². The number of rotatable bonds is 2. The number of nitrogens with one attached hydrogen (secondary N) is 1. The van der Waals surface area contributed by atoms with E-state index in [1.807, 2.05) is 23.5 Å². The third-order valence-electron chi connectivity index (χ3n) is 5.49. The Bertz CT molecular complexity index is 1020. The molecule has 2 fully saturated rings. The molecular formula is C18H20N6O. The van der Waals surface area contributed by atoms with Gasteiger partial charge in [0, 0.05) is 26.1 Å². The number of likely N-dealkylation sites (tertiary alicyclic amines) is 1. The molecule has 1 aliphatic heterocycles. The Morgan fingerprint density at radius 3 is 3.20 bits per heavy atom. The van der Waals surface area contributed by atoms with Crippen LogP contribution in [0.4, 0.5) is 0 Å². The van der Waals surface area contributed by atoms with Crippen molar-refractivity contribution >= 4 is 28.0 Å². The molecule has 25 heavy (non-hydrogen) atoms. The van der Waals surface area contributed by atoms with Crippen molar-refractivity contribution in [1.29, 1.82) is 5.26 Å². The normalized spacial score (nSPS) is 26.0. The van der Waals surface area contributed by atoms with Crippen LogP contribution in [-0.4, -0.2) is 43.4 Å². The molecule has 5 rings (SSSR count). The van der Waals surface area contributed by atoms with Crippen molar-refractivity contribution in [3.05, 3.63) is 24.8 Å². The highest BCUT2D eigenvalue weighted by Crippen LogP contribution is 2.40. The summed E-state index contributed by atoms with van der Waals surface area (Å²) in [6.07, 6.45) is 8.27. The van der Waals surface area contributed by atoms with Crippen LogP contribution in [-0.2, 0) is 4.79 Å². The second kappa shape index (κ2) is 5.31. The first-order valence-corrected chi connectivity index (χ1v) is 8.73. The Hall–Kier alpha value is -2.88. The molecule has 0 bridgehead atoms. The van der Waals surface area contributed by atoms with E-state index in [2.05, 4.69) is 25.6 Å². The van der Waals surface area contributed by atoms with Crippen molar-refractivity contribution in [2.45, 2.75) is 25.3 Å². The zero-order valence-corrected chi connectivity index (χ0v) is 13.7. The maximum atomic E-state index is 12.6. The third kappa shape index (κ3) is 2.21. The van der Waals surface area contributed by atoms with E-state index in [9.17, 15) is 4.79 Å². The van der Waals surface area contributed by atoms with Crippen LogP contribution in [0.15, 0.2) is 24.8 Å². The summed E-state index contributed by atoms with van der Waals surface area (Å²) in [6.45, 7) is 1.48. The molecule has 0 radical (unpaired) electrons. The van der Waals surface area contributed by atoms with Gasteiger partial charge in [-0.2, -0.15) is 5.26 Å². The molecule has 3 aromatic rings. The maximum Gasteiger partial charge on any atom is 0.227 e. The maximum absolute atomic E-state index is 12.6. The summed E-state index contributed by atoms with van der Waals surface area (Å²) in [5, 5.41) is 10.0. The lowest BCUT2D eigenvalue weighted by Gasteiger charge is -2.34. The van der Waals surface area contributed by atoms with Crippen molar-refractivity contribution in [1.82, 2.24) is 24.4 Å². The summed E-state index contributed by atoms with van der Waals surface area (Å²) in [4.78, 5) is 26.6. The van der Waals surface area contributed by atoms with Crippen LogP contribution >= 0.6 is 0 Å². The molecule has 7 heteroatoms. The van der Waals surface area contributed by atoms with E-state index in [0.717, 1.165) is 47.9 Å². The van der Waals surface area contributed by atoms with Crippen molar-refractivity contribution in [3.8, 4) is 6.07 Å². The van der Waals surface area contributed by atoms with Gasteiger partial charge in [-0.25, -0.2) is 9.97 Å². The van der Waals surface area contributed by atoms with Crippen LogP contribution in [0.5, 0.6) is 0 Å². The number of nitriles is 1. The monoisotopic (exact) mass is 336 g/mol. The predicted molar refractivity (Wildman–Crippen MR) is 93.6 cm³/mol. The van der Waals surface area contributed by atoms with E-state index in [1.165, 1.54) is 0 Å². The highest BCUT2D eigenvalue weighted by molar-refractivity contribution is 6.01. The average Bonchev–Trinajstić information content (AvgIpc) is 3.07. The lowest BCUT2D eigenvalue weighted by molar-refractivity contribution is -0.134. The second-order valence-corrected chi connectivity index (χ2v) is 7.04. The number of carbonyl (C=O) groups is 1. The molecule has 1 aliphatic carbocycles. The number of aromatic nitrogens is 4. The first-order valence-electron chi connectivity index (χ1n) is 8.73. The topological polar surface area (TPSA) is 90.6 Å². The van der Waals surface area contributed by atoms with Crippen molar-refractivity contribution < 1.29 is 6.22 Å². The molecule has 0 aromatic carbocycles. The fourth-order valence-corrected chi connectivity index (χ4v) is 4.04. The van der Waals surface area contributed by atoms with Crippen LogP contribution in [0.3, 0.4) is 0 Å². The number of hydrogen-bond acceptors (Lipinski definition) is 4. The second-order valence-electron chi connectivity index (χ2n) is 7.04. The van der Waals surface area contributed by atoms with Gasteiger partial charge in [-0.05, 0) is 25.3 Å². The van der Waals surface area contributed by atoms with E-state index in [-0.39, 0.29) is 25.2 Å². The third-order valence-corrected chi connectivity index (χ3v) is 5.49. The van der Waals surface area contributed by atoms with Gasteiger partial charge in [0.05, 0.1) is 42.0 Å². The number of hydrogen-bond donors (Lipinski definition) is 1. The van der Waals surface area contributed by atoms with Gasteiger partial charge in [-0.15, -0.1) is 0 Å². The van der Waals surface area contributed by atoms with Crippen LogP contribution < -0.4 is 0 Å². The highest BCUT2D eigenvalue weighted by Gasteiger charge is 2.46. The highest BCUT2D eigenvalue weighted by atomic mass is 16.2. The predicted octanol–water partition coefficient (Wildman–Crippen LogP) is 2.48. The molecule has 1 N–H and O–H groups in total. The molecule has 1 saturated heterocycles. The Kier molecular flexibility index (Phi) is 3.07. The molecule has 0 spiro atoms. The molecular weight excluding hydrogens is 316 g/mol. The summed E-state index contributed by atoms with van der Waals surface area (Å²) >= 11 is 0. The standard InChI is InChI=1S/C18H18N6O.H2/c19-7-11-6-14(11)18(25)23-5-1-2-12(9-23)24-10-22-15-8-21-17-13(16(15)24)3-4-20-17;/h3-4,8,10-12,14H,1-2,5-6,9H2,(H,20,21);1H/t11?,12-,14?;/m1./s1. The minimum absolute atomic E-state index is 0. The first-order chi connectivity index (χ1) is 12.3. The number of amides is 1. The van der Waals surface area contributed by atoms with Crippen LogP contribution in [0.2, 0.25) is 0 Å². The minimum atomic E-state index is -0.0798. The first kappa shape index (κ1) is 14.5. The van der Waals surface area contributed by atoms with Gasteiger partial charge in [0.15, 0.2) is 0 Å². The Morgan fingerprint density at radius 2 is 2.36 bits per heavy atom. The summed E-state index contributed by atoms with van der Waals surface area (Å²) in [5.41, 5.74) is 2.81. The number of imidazole rings is 1. The Labute approximate surface area is 145 Å². The lowest BCUT2D eigenvalue weighted by Crippen LogP contribution is -2.41. The summed E-state index contributed by atoms with van der Waals surface area (Å²) in [6, 6.07) is 4.45. The average molecular weight is 336 g/mol. The van der Waals surface area contributed by atoms with Gasteiger partial charge in [0.2, 0.25) is 5.91 Å². The molecule has 128 valence electrons. The van der Waals surface area contributed by atoms with Crippen molar-refractivity contribution in [2.75, 3.05) is 13.1 Å². The molecule has 2 unspecified atom stereocenters. The number of H-pyrrole nitrogens is 1. The van der Waals surface area contributed by atoms with Crippen molar-refractivity contribution in [3.63, 3.8) is 0 Å². The van der Waals surface area contributed by atoms with Crippen LogP contribution in [0.1, 0.15) is 26.7 Å². The number of nitrogens with zero attached hydrogens (tertiary/aromatic N) is 5. The quantitative estimate of drug-likeness (QED) is 0.778. The van der Waals surface area contributed by atoms with Crippen molar-refractivity contribution in [2.24, 2.45) is 11.8 Å². The largest absolute Gasteiger partial charge is 0.346 e. The van der Waals surface area contributed by atoms with E-state index in [4.69, 9.17) is 5.26 Å². The lowest BCUT2D eigenvalue weighted by atomic mass is 10.0. The summed E-state index contributed by atoms with van der Waals surface area (Å²) in [5.74, 6) is -0.00880. The van der Waals surface area contributed by atoms with E-state index in [1.54, 1.807) is 6.20 Å². The van der Waals surface area contributed by atoms with Gasteiger partial charge < -0.3 is 14.5 Å². The number of piperidine rings is 1. The van der Waals surface area contributed by atoms with E-state index in [0.29, 0.717) is 6.54 Å². The number of carbonyl (C=O) groups excluding carboxylic acids is 1. The van der Waals surface area contributed by atoms with Gasteiger partial charge in [0.1, 0.15) is 11.2 Å².